The lowest BCUT2D eigenvalue weighted by atomic mass is 9.94. The number of rotatable bonds is 7. The summed E-state index contributed by atoms with van der Waals surface area (Å²) in [6.07, 6.45) is 1.48. The molecule has 28 heavy (non-hydrogen) atoms. The van der Waals surface area contributed by atoms with Crippen LogP contribution in [0.25, 0.3) is 0 Å². The molecule has 1 aromatic carbocycles. The zero-order valence-corrected chi connectivity index (χ0v) is 17.5. The number of piperidine rings is 1. The van der Waals surface area contributed by atoms with Gasteiger partial charge in [0, 0.05) is 38.6 Å². The summed E-state index contributed by atoms with van der Waals surface area (Å²) in [5.74, 6) is 0.307. The summed E-state index contributed by atoms with van der Waals surface area (Å²) < 4.78 is 0. The molecule has 150 valence electrons. The first kappa shape index (κ1) is 20.6. The number of hydrogen-bond donors (Lipinski definition) is 0. The third-order valence-corrected chi connectivity index (χ3v) is 6.07. The standard InChI is InChI=1S/C22H29N3O2S/c1-23(2)14-15-25(17-18-7-4-3-5-8-18)21(26)19-10-12-24(13-11-19)22(27)20-9-6-16-28-20/h3-9,16,19H,10-15,17H2,1-2H3. The molecule has 0 aliphatic carbocycles. The van der Waals surface area contributed by atoms with Crippen molar-refractivity contribution < 1.29 is 9.59 Å². The fraction of sp³-hybridized carbons (Fsp3) is 0.455. The molecule has 0 radical (unpaired) electrons. The van der Waals surface area contributed by atoms with E-state index in [1.165, 1.54) is 11.3 Å². The van der Waals surface area contributed by atoms with E-state index in [4.69, 9.17) is 0 Å². The molecule has 1 aliphatic rings. The molecule has 1 aliphatic heterocycles. The molecule has 0 saturated carbocycles. The molecule has 0 unspecified atom stereocenters. The van der Waals surface area contributed by atoms with Gasteiger partial charge in [-0.1, -0.05) is 36.4 Å². The lowest BCUT2D eigenvalue weighted by molar-refractivity contribution is -0.137. The maximum absolute atomic E-state index is 13.2. The fourth-order valence-electron chi connectivity index (χ4n) is 3.54. The molecule has 1 fully saturated rings. The fourth-order valence-corrected chi connectivity index (χ4v) is 4.23. The van der Waals surface area contributed by atoms with Gasteiger partial charge in [0.1, 0.15) is 0 Å². The van der Waals surface area contributed by atoms with Gasteiger partial charge in [0.25, 0.3) is 5.91 Å². The first-order valence-electron chi connectivity index (χ1n) is 9.85. The summed E-state index contributed by atoms with van der Waals surface area (Å²) in [4.78, 5) is 32.5. The average molecular weight is 400 g/mol. The zero-order valence-electron chi connectivity index (χ0n) is 16.7. The van der Waals surface area contributed by atoms with Crippen LogP contribution in [0.4, 0.5) is 0 Å². The summed E-state index contributed by atoms with van der Waals surface area (Å²) >= 11 is 1.48. The molecule has 5 nitrogen and oxygen atoms in total. The molecule has 1 aromatic heterocycles. The molecule has 0 bridgehead atoms. The van der Waals surface area contributed by atoms with Crippen LogP contribution in [-0.2, 0) is 11.3 Å². The van der Waals surface area contributed by atoms with E-state index in [2.05, 4.69) is 17.0 Å². The van der Waals surface area contributed by atoms with E-state index < -0.39 is 0 Å². The number of likely N-dealkylation sites (tertiary alicyclic amines) is 1. The van der Waals surface area contributed by atoms with Crippen LogP contribution in [0.15, 0.2) is 47.8 Å². The SMILES string of the molecule is CN(C)CCN(Cc1ccccc1)C(=O)C1CCN(C(=O)c2cccs2)CC1. The van der Waals surface area contributed by atoms with Gasteiger partial charge in [-0.05, 0) is 43.9 Å². The molecule has 2 amide bonds. The van der Waals surface area contributed by atoms with Gasteiger partial charge in [-0.2, -0.15) is 0 Å². The number of amides is 2. The largest absolute Gasteiger partial charge is 0.338 e. The molecule has 6 heteroatoms. The maximum Gasteiger partial charge on any atom is 0.263 e. The summed E-state index contributed by atoms with van der Waals surface area (Å²) in [5, 5.41) is 1.93. The van der Waals surface area contributed by atoms with Crippen LogP contribution in [0.1, 0.15) is 28.1 Å². The second-order valence-corrected chi connectivity index (χ2v) is 8.54. The molecule has 0 spiro atoms. The predicted molar refractivity (Wildman–Crippen MR) is 113 cm³/mol. The topological polar surface area (TPSA) is 43.9 Å². The van der Waals surface area contributed by atoms with Crippen molar-refractivity contribution in [3.05, 3.63) is 58.3 Å². The van der Waals surface area contributed by atoms with Crippen LogP contribution < -0.4 is 0 Å². The highest BCUT2D eigenvalue weighted by Gasteiger charge is 2.30. The second kappa shape index (κ2) is 9.85. The minimum atomic E-state index is -0.00161. The van der Waals surface area contributed by atoms with Crippen LogP contribution in [0, 0.1) is 5.92 Å². The van der Waals surface area contributed by atoms with Gasteiger partial charge in [0.05, 0.1) is 4.88 Å². The molecule has 2 aromatic rings. The first-order valence-corrected chi connectivity index (χ1v) is 10.7. The van der Waals surface area contributed by atoms with E-state index in [1.807, 2.05) is 59.6 Å². The number of hydrogen-bond acceptors (Lipinski definition) is 4. The Morgan fingerprint density at radius 1 is 1.04 bits per heavy atom. The second-order valence-electron chi connectivity index (χ2n) is 7.59. The van der Waals surface area contributed by atoms with E-state index in [9.17, 15) is 9.59 Å². The molecular weight excluding hydrogens is 370 g/mol. The molecular formula is C22H29N3O2S. The quantitative estimate of drug-likeness (QED) is 0.718. The van der Waals surface area contributed by atoms with Crippen molar-refractivity contribution in [3.8, 4) is 0 Å². The van der Waals surface area contributed by atoms with E-state index in [1.54, 1.807) is 0 Å². The Labute approximate surface area is 171 Å². The van der Waals surface area contributed by atoms with Crippen molar-refractivity contribution in [3.63, 3.8) is 0 Å². The van der Waals surface area contributed by atoms with Crippen LogP contribution >= 0.6 is 11.3 Å². The monoisotopic (exact) mass is 399 g/mol. The Bertz CT molecular complexity index is 753. The molecule has 3 rings (SSSR count). The summed E-state index contributed by atoms with van der Waals surface area (Å²) in [6, 6.07) is 13.9. The van der Waals surface area contributed by atoms with E-state index >= 15 is 0 Å². The molecule has 1 saturated heterocycles. The van der Waals surface area contributed by atoms with Crippen molar-refractivity contribution in [2.24, 2.45) is 5.92 Å². The third kappa shape index (κ3) is 5.42. The number of likely N-dealkylation sites (N-methyl/N-ethyl adjacent to an activating group) is 1. The van der Waals surface area contributed by atoms with E-state index in [-0.39, 0.29) is 17.7 Å². The van der Waals surface area contributed by atoms with Gasteiger partial charge in [0.2, 0.25) is 5.91 Å². The van der Waals surface area contributed by atoms with Gasteiger partial charge in [0.15, 0.2) is 0 Å². The van der Waals surface area contributed by atoms with Crippen molar-refractivity contribution in [1.82, 2.24) is 14.7 Å². The first-order chi connectivity index (χ1) is 13.5. The summed E-state index contributed by atoms with van der Waals surface area (Å²) in [5.41, 5.74) is 1.15. The maximum atomic E-state index is 13.2. The van der Waals surface area contributed by atoms with Crippen molar-refractivity contribution in [1.29, 1.82) is 0 Å². The Balaban J connectivity index is 1.60. The number of carbonyl (C=O) groups is 2. The highest BCUT2D eigenvalue weighted by atomic mass is 32.1. The van der Waals surface area contributed by atoms with Crippen LogP contribution in [0.5, 0.6) is 0 Å². The highest BCUT2D eigenvalue weighted by Crippen LogP contribution is 2.23. The lowest BCUT2D eigenvalue weighted by Crippen LogP contribution is -2.45. The summed E-state index contributed by atoms with van der Waals surface area (Å²) in [7, 11) is 4.06. The number of thiophene rings is 1. The predicted octanol–water partition coefficient (Wildman–Crippen LogP) is 3.19. The van der Waals surface area contributed by atoms with Crippen molar-refractivity contribution in [2.45, 2.75) is 19.4 Å². The number of benzene rings is 1. The molecule has 2 heterocycles. The van der Waals surface area contributed by atoms with Gasteiger partial charge in [-0.15, -0.1) is 11.3 Å². The molecule has 0 atom stereocenters. The van der Waals surface area contributed by atoms with Gasteiger partial charge < -0.3 is 14.7 Å². The van der Waals surface area contributed by atoms with E-state index in [0.717, 1.165) is 36.4 Å². The Hall–Kier alpha value is -2.18. The van der Waals surface area contributed by atoms with E-state index in [0.29, 0.717) is 19.6 Å². The lowest BCUT2D eigenvalue weighted by Gasteiger charge is -2.34. The van der Waals surface area contributed by atoms with Gasteiger partial charge >= 0.3 is 0 Å². The molecule has 0 N–H and O–H groups in total. The zero-order chi connectivity index (χ0) is 19.9. The smallest absolute Gasteiger partial charge is 0.263 e. The minimum absolute atomic E-state index is 0.00161. The normalized spacial score (nSPS) is 15.0. The minimum Gasteiger partial charge on any atom is -0.338 e. The number of nitrogens with zero attached hydrogens (tertiary/aromatic N) is 3. The Morgan fingerprint density at radius 2 is 1.75 bits per heavy atom. The van der Waals surface area contributed by atoms with Gasteiger partial charge in [-0.25, -0.2) is 0 Å². The average Bonchev–Trinajstić information content (AvgIpc) is 3.25. The van der Waals surface area contributed by atoms with Crippen LogP contribution in [-0.4, -0.2) is 66.8 Å². The number of carbonyl (C=O) groups excluding carboxylic acids is 2. The Kier molecular flexibility index (Phi) is 7.23. The third-order valence-electron chi connectivity index (χ3n) is 5.21. The van der Waals surface area contributed by atoms with Crippen LogP contribution in [0.3, 0.4) is 0 Å². The van der Waals surface area contributed by atoms with Crippen molar-refractivity contribution >= 4 is 23.2 Å². The summed E-state index contributed by atoms with van der Waals surface area (Å²) in [6.45, 7) is 3.51. The van der Waals surface area contributed by atoms with Crippen molar-refractivity contribution in [2.75, 3.05) is 40.3 Å². The Morgan fingerprint density at radius 3 is 2.36 bits per heavy atom. The van der Waals surface area contributed by atoms with Crippen LogP contribution in [0.2, 0.25) is 0 Å². The highest BCUT2D eigenvalue weighted by molar-refractivity contribution is 7.12. The van der Waals surface area contributed by atoms with Gasteiger partial charge in [-0.3, -0.25) is 9.59 Å².